The fourth-order valence-electron chi connectivity index (χ4n) is 3.88. The van der Waals surface area contributed by atoms with E-state index in [9.17, 15) is 14.9 Å². The summed E-state index contributed by atoms with van der Waals surface area (Å²) in [7, 11) is 0. The standard InChI is InChI=1S/C20H16N6O3/c27-16-8-2-7-15-17(16)18(13-5-3-9-21-11-13)25-20(22-15)23-19(24-25)12-4-1-6-14(10-12)26(28)29/h1,3-6,9-11,18H,2,7-8H2,(H,22,23,24). The number of pyridine rings is 1. The maximum absolute atomic E-state index is 12.8. The second-order valence-electron chi connectivity index (χ2n) is 6.99. The molecule has 0 spiro atoms. The fourth-order valence-corrected chi connectivity index (χ4v) is 3.88. The van der Waals surface area contributed by atoms with Crippen LogP contribution in [0, 0.1) is 10.1 Å². The first-order chi connectivity index (χ1) is 14.1. The van der Waals surface area contributed by atoms with E-state index in [2.05, 4.69) is 20.4 Å². The summed E-state index contributed by atoms with van der Waals surface area (Å²) in [6.07, 6.45) is 5.45. The molecule has 2 aromatic heterocycles. The van der Waals surface area contributed by atoms with Crippen molar-refractivity contribution in [1.29, 1.82) is 0 Å². The fraction of sp³-hybridized carbons (Fsp3) is 0.200. The van der Waals surface area contributed by atoms with Gasteiger partial charge in [0.05, 0.1) is 4.92 Å². The Hall–Kier alpha value is -3.88. The monoisotopic (exact) mass is 388 g/mol. The summed E-state index contributed by atoms with van der Waals surface area (Å²) in [5.74, 6) is 0.955. The number of aromatic nitrogens is 4. The number of hydrogen-bond acceptors (Lipinski definition) is 7. The first kappa shape index (κ1) is 17.2. The number of nitro groups is 1. The number of carbonyl (C=O) groups is 1. The van der Waals surface area contributed by atoms with Crippen LogP contribution in [0.2, 0.25) is 0 Å². The van der Waals surface area contributed by atoms with Crippen LogP contribution in [-0.4, -0.2) is 30.5 Å². The molecule has 1 aliphatic heterocycles. The lowest BCUT2D eigenvalue weighted by atomic mass is 9.86. The molecular weight excluding hydrogens is 372 g/mol. The number of fused-ring (bicyclic) bond motifs is 1. The molecule has 1 N–H and O–H groups in total. The second kappa shape index (κ2) is 6.62. The number of carbonyl (C=O) groups excluding carboxylic acids is 1. The van der Waals surface area contributed by atoms with Gasteiger partial charge in [0.15, 0.2) is 11.6 Å². The van der Waals surface area contributed by atoms with Gasteiger partial charge in [-0.2, -0.15) is 4.98 Å². The lowest BCUT2D eigenvalue weighted by Crippen LogP contribution is -2.31. The Bertz CT molecular complexity index is 1170. The summed E-state index contributed by atoms with van der Waals surface area (Å²) in [5, 5.41) is 19.0. The molecule has 1 atom stereocenters. The van der Waals surface area contributed by atoms with Crippen molar-refractivity contribution in [3.05, 3.63) is 75.7 Å². The zero-order valence-electron chi connectivity index (χ0n) is 15.3. The first-order valence-corrected chi connectivity index (χ1v) is 9.26. The summed E-state index contributed by atoms with van der Waals surface area (Å²) in [6.45, 7) is 0. The van der Waals surface area contributed by atoms with E-state index in [-0.39, 0.29) is 11.5 Å². The molecule has 5 rings (SSSR count). The lowest BCUT2D eigenvalue weighted by molar-refractivity contribution is -0.384. The van der Waals surface area contributed by atoms with E-state index >= 15 is 0 Å². The number of allylic oxidation sites excluding steroid dienone is 2. The second-order valence-corrected chi connectivity index (χ2v) is 6.99. The Kier molecular flexibility index (Phi) is 3.94. The van der Waals surface area contributed by atoms with Crippen LogP contribution < -0.4 is 5.32 Å². The number of benzene rings is 1. The van der Waals surface area contributed by atoms with Gasteiger partial charge in [0.1, 0.15) is 6.04 Å². The van der Waals surface area contributed by atoms with Crippen LogP contribution in [0.25, 0.3) is 11.4 Å². The Labute approximate surface area is 165 Å². The molecule has 2 aliphatic rings. The van der Waals surface area contributed by atoms with E-state index in [1.165, 1.54) is 12.1 Å². The molecule has 9 nitrogen and oxygen atoms in total. The quantitative estimate of drug-likeness (QED) is 0.541. The number of nitrogens with one attached hydrogen (secondary N) is 1. The molecule has 1 aromatic carbocycles. The molecule has 29 heavy (non-hydrogen) atoms. The number of nitrogens with zero attached hydrogens (tertiary/aromatic N) is 5. The van der Waals surface area contributed by atoms with Crippen LogP contribution in [0.15, 0.2) is 60.1 Å². The summed E-state index contributed by atoms with van der Waals surface area (Å²) in [4.78, 5) is 32.2. The van der Waals surface area contributed by atoms with E-state index in [1.54, 1.807) is 29.2 Å². The Morgan fingerprint density at radius 3 is 2.90 bits per heavy atom. The van der Waals surface area contributed by atoms with Gasteiger partial charge in [-0.3, -0.25) is 19.9 Å². The van der Waals surface area contributed by atoms with Crippen molar-refractivity contribution in [3.8, 4) is 11.4 Å². The highest BCUT2D eigenvalue weighted by Crippen LogP contribution is 2.40. The predicted octanol–water partition coefficient (Wildman–Crippen LogP) is 3.27. The summed E-state index contributed by atoms with van der Waals surface area (Å²) in [5.41, 5.74) is 2.90. The average molecular weight is 388 g/mol. The van der Waals surface area contributed by atoms with Crippen molar-refractivity contribution < 1.29 is 9.72 Å². The maximum atomic E-state index is 12.8. The van der Waals surface area contributed by atoms with E-state index < -0.39 is 11.0 Å². The molecule has 3 heterocycles. The van der Waals surface area contributed by atoms with Gasteiger partial charge in [-0.15, -0.1) is 5.10 Å². The molecule has 0 saturated carbocycles. The van der Waals surface area contributed by atoms with Crippen molar-refractivity contribution in [2.75, 3.05) is 5.32 Å². The third-order valence-electron chi connectivity index (χ3n) is 5.18. The first-order valence-electron chi connectivity index (χ1n) is 9.26. The van der Waals surface area contributed by atoms with Crippen molar-refractivity contribution in [2.45, 2.75) is 25.3 Å². The van der Waals surface area contributed by atoms with E-state index in [1.807, 2.05) is 12.1 Å². The van der Waals surface area contributed by atoms with E-state index in [4.69, 9.17) is 0 Å². The summed E-state index contributed by atoms with van der Waals surface area (Å²) < 4.78 is 1.67. The molecule has 9 heteroatoms. The van der Waals surface area contributed by atoms with E-state index in [0.717, 1.165) is 24.1 Å². The zero-order valence-corrected chi connectivity index (χ0v) is 15.3. The van der Waals surface area contributed by atoms with Crippen LogP contribution in [0.5, 0.6) is 0 Å². The van der Waals surface area contributed by atoms with Crippen LogP contribution in [0.1, 0.15) is 30.9 Å². The average Bonchev–Trinajstić information content (AvgIpc) is 3.17. The number of anilines is 1. The molecule has 1 unspecified atom stereocenters. The minimum absolute atomic E-state index is 0.0281. The van der Waals surface area contributed by atoms with E-state index in [0.29, 0.717) is 29.3 Å². The van der Waals surface area contributed by atoms with Gasteiger partial charge in [0, 0.05) is 47.8 Å². The third kappa shape index (κ3) is 2.87. The largest absolute Gasteiger partial charge is 0.328 e. The van der Waals surface area contributed by atoms with Crippen LogP contribution in [0.4, 0.5) is 11.6 Å². The maximum Gasteiger partial charge on any atom is 0.270 e. The highest BCUT2D eigenvalue weighted by Gasteiger charge is 2.37. The van der Waals surface area contributed by atoms with Crippen molar-refractivity contribution in [3.63, 3.8) is 0 Å². The SMILES string of the molecule is O=C1CCCC2=C1C(c1cccnc1)n1nc(-c3cccc([N+](=O)[O-])c3)nc1N2. The molecule has 0 amide bonds. The van der Waals surface area contributed by atoms with Gasteiger partial charge < -0.3 is 5.32 Å². The van der Waals surface area contributed by atoms with Gasteiger partial charge >= 0.3 is 0 Å². The lowest BCUT2D eigenvalue weighted by Gasteiger charge is -2.31. The van der Waals surface area contributed by atoms with Gasteiger partial charge in [0.2, 0.25) is 5.95 Å². The Morgan fingerprint density at radius 2 is 2.10 bits per heavy atom. The van der Waals surface area contributed by atoms with Crippen molar-refractivity contribution in [1.82, 2.24) is 19.7 Å². The molecule has 0 radical (unpaired) electrons. The zero-order chi connectivity index (χ0) is 20.0. The number of non-ortho nitro benzene ring substituents is 1. The highest BCUT2D eigenvalue weighted by molar-refractivity contribution is 5.99. The number of nitro benzene ring substituents is 1. The van der Waals surface area contributed by atoms with Gasteiger partial charge in [0.25, 0.3) is 5.69 Å². The summed E-state index contributed by atoms with van der Waals surface area (Å²) >= 11 is 0. The molecular formula is C20H16N6O3. The van der Waals surface area contributed by atoms with Gasteiger partial charge in [-0.05, 0) is 24.5 Å². The van der Waals surface area contributed by atoms with Crippen LogP contribution >= 0.6 is 0 Å². The molecule has 1 aliphatic carbocycles. The molecule has 144 valence electrons. The Balaban J connectivity index is 1.66. The molecule has 0 fully saturated rings. The normalized spacial score (nSPS) is 18.1. The van der Waals surface area contributed by atoms with Crippen LogP contribution in [-0.2, 0) is 4.79 Å². The minimum atomic E-state index is -0.449. The number of ketones is 1. The highest BCUT2D eigenvalue weighted by atomic mass is 16.6. The third-order valence-corrected chi connectivity index (χ3v) is 5.18. The number of Topliss-reactive ketones (excluding diaryl/α,β-unsaturated/α-hetero) is 1. The van der Waals surface area contributed by atoms with Crippen molar-refractivity contribution in [2.24, 2.45) is 0 Å². The van der Waals surface area contributed by atoms with Gasteiger partial charge in [-0.1, -0.05) is 18.2 Å². The smallest absolute Gasteiger partial charge is 0.270 e. The molecule has 0 saturated heterocycles. The Morgan fingerprint density at radius 1 is 1.21 bits per heavy atom. The van der Waals surface area contributed by atoms with Crippen molar-refractivity contribution >= 4 is 17.4 Å². The topological polar surface area (TPSA) is 116 Å². The number of hydrogen-bond donors (Lipinski definition) is 1. The van der Waals surface area contributed by atoms with Crippen LogP contribution in [0.3, 0.4) is 0 Å². The summed E-state index contributed by atoms with van der Waals surface area (Å²) in [6, 6.07) is 9.51. The minimum Gasteiger partial charge on any atom is -0.328 e. The predicted molar refractivity (Wildman–Crippen MR) is 104 cm³/mol. The molecule has 3 aromatic rings. The van der Waals surface area contributed by atoms with Gasteiger partial charge in [-0.25, -0.2) is 4.68 Å². The number of rotatable bonds is 3. The molecule has 0 bridgehead atoms.